The predicted octanol–water partition coefficient (Wildman–Crippen LogP) is 1.15. The Hall–Kier alpha value is -2.57. The molecule has 0 amide bonds. The van der Waals surface area contributed by atoms with Gasteiger partial charge in [0.2, 0.25) is 0 Å². The van der Waals surface area contributed by atoms with Gasteiger partial charge in [0.25, 0.3) is 0 Å². The summed E-state index contributed by atoms with van der Waals surface area (Å²) in [6.45, 7) is 0.604. The van der Waals surface area contributed by atoms with E-state index in [9.17, 15) is 0 Å². The monoisotopic (exact) mass is 244 g/mol. The van der Waals surface area contributed by atoms with Crippen LogP contribution >= 0.6 is 0 Å². The molecule has 3 rings (SSSR count). The van der Waals surface area contributed by atoms with Crippen LogP contribution in [0.4, 0.5) is 11.4 Å². The molecule has 2 heterocycles. The Bertz CT molecular complexity index is 686. The summed E-state index contributed by atoms with van der Waals surface area (Å²) in [7, 11) is 1.88. The van der Waals surface area contributed by atoms with Gasteiger partial charge in [0.05, 0.1) is 23.6 Å². The molecule has 0 spiro atoms. The van der Waals surface area contributed by atoms with E-state index in [1.54, 1.807) is 10.7 Å². The van der Waals surface area contributed by atoms with Gasteiger partial charge < -0.3 is 11.1 Å². The van der Waals surface area contributed by atoms with E-state index >= 15 is 0 Å². The van der Waals surface area contributed by atoms with Crippen LogP contribution < -0.4 is 11.1 Å². The lowest BCUT2D eigenvalue weighted by Crippen LogP contribution is -2.02. The Morgan fingerprint density at radius 2 is 2.11 bits per heavy atom. The van der Waals surface area contributed by atoms with E-state index in [0.717, 1.165) is 11.4 Å². The number of nitrogens with one attached hydrogen (secondary N) is 1. The summed E-state index contributed by atoms with van der Waals surface area (Å²) in [5, 5.41) is 15.1. The van der Waals surface area contributed by atoms with Gasteiger partial charge >= 0.3 is 0 Å². The summed E-state index contributed by atoms with van der Waals surface area (Å²) >= 11 is 0. The first-order valence-electron chi connectivity index (χ1n) is 5.47. The molecule has 0 atom stereocenters. The molecule has 0 bridgehead atoms. The van der Waals surface area contributed by atoms with Gasteiger partial charge in [-0.25, -0.2) is 4.63 Å². The first kappa shape index (κ1) is 10.6. The molecule has 0 fully saturated rings. The third-order valence-corrected chi connectivity index (χ3v) is 2.68. The minimum atomic E-state index is 0.551. The molecule has 0 aliphatic carbocycles. The Balaban J connectivity index is 1.86. The van der Waals surface area contributed by atoms with E-state index in [0.29, 0.717) is 23.3 Å². The number of hydrogen-bond acceptors (Lipinski definition) is 6. The van der Waals surface area contributed by atoms with Gasteiger partial charge in [-0.1, -0.05) is 0 Å². The van der Waals surface area contributed by atoms with Crippen molar-refractivity contribution >= 4 is 22.4 Å². The van der Waals surface area contributed by atoms with E-state index in [2.05, 4.69) is 20.7 Å². The van der Waals surface area contributed by atoms with Crippen LogP contribution in [0.15, 0.2) is 29.0 Å². The summed E-state index contributed by atoms with van der Waals surface area (Å²) in [5.74, 6) is 0. The van der Waals surface area contributed by atoms with E-state index in [1.165, 1.54) is 0 Å². The van der Waals surface area contributed by atoms with Gasteiger partial charge in [-0.3, -0.25) is 4.68 Å². The number of rotatable bonds is 3. The van der Waals surface area contributed by atoms with Crippen LogP contribution in [0.2, 0.25) is 0 Å². The fourth-order valence-corrected chi connectivity index (χ4v) is 1.77. The highest BCUT2D eigenvalue weighted by Gasteiger charge is 2.09. The number of benzene rings is 1. The lowest BCUT2D eigenvalue weighted by Gasteiger charge is -2.04. The summed E-state index contributed by atoms with van der Waals surface area (Å²) < 4.78 is 6.46. The van der Waals surface area contributed by atoms with Crippen molar-refractivity contribution < 1.29 is 4.63 Å². The molecule has 0 saturated carbocycles. The first-order valence-corrected chi connectivity index (χ1v) is 5.47. The quantitative estimate of drug-likeness (QED) is 0.671. The van der Waals surface area contributed by atoms with Crippen molar-refractivity contribution in [3.05, 3.63) is 30.1 Å². The number of fused-ring (bicyclic) bond motifs is 1. The fraction of sp³-hybridized carbons (Fsp3) is 0.182. The molecule has 1 aromatic carbocycles. The molecule has 3 N–H and O–H groups in total. The van der Waals surface area contributed by atoms with Crippen molar-refractivity contribution in [2.45, 2.75) is 6.54 Å². The molecule has 0 radical (unpaired) electrons. The van der Waals surface area contributed by atoms with Crippen LogP contribution in [-0.2, 0) is 13.6 Å². The first-order chi connectivity index (χ1) is 8.74. The normalized spacial score (nSPS) is 10.9. The lowest BCUT2D eigenvalue weighted by atomic mass is 10.2. The Labute approximate surface area is 103 Å². The number of aromatic nitrogens is 4. The zero-order chi connectivity index (χ0) is 12.5. The van der Waals surface area contributed by atoms with E-state index in [-0.39, 0.29) is 0 Å². The average Bonchev–Trinajstić information content (AvgIpc) is 2.98. The van der Waals surface area contributed by atoms with Crippen molar-refractivity contribution in [2.75, 3.05) is 11.1 Å². The summed E-state index contributed by atoms with van der Waals surface area (Å²) in [5.41, 5.74) is 9.29. The molecule has 18 heavy (non-hydrogen) atoms. The van der Waals surface area contributed by atoms with Gasteiger partial charge in [-0.05, 0) is 28.5 Å². The molecule has 0 saturated heterocycles. The molecule has 2 aromatic heterocycles. The second-order valence-electron chi connectivity index (χ2n) is 4.00. The highest BCUT2D eigenvalue weighted by atomic mass is 16.6. The van der Waals surface area contributed by atoms with Gasteiger partial charge in [0, 0.05) is 13.2 Å². The SMILES string of the molecule is Cn1ccc(CNc2ccc(N)c3nonc23)n1. The average molecular weight is 244 g/mol. The second-order valence-corrected chi connectivity index (χ2v) is 4.00. The zero-order valence-electron chi connectivity index (χ0n) is 9.79. The van der Waals surface area contributed by atoms with Crippen LogP contribution in [0.25, 0.3) is 11.0 Å². The summed E-state index contributed by atoms with van der Waals surface area (Å²) in [6, 6.07) is 5.57. The summed E-state index contributed by atoms with van der Waals surface area (Å²) in [4.78, 5) is 0. The smallest absolute Gasteiger partial charge is 0.160 e. The maximum Gasteiger partial charge on any atom is 0.160 e. The minimum Gasteiger partial charge on any atom is -0.397 e. The van der Waals surface area contributed by atoms with Crippen molar-refractivity contribution in [2.24, 2.45) is 7.05 Å². The van der Waals surface area contributed by atoms with E-state index in [4.69, 9.17) is 10.4 Å². The van der Waals surface area contributed by atoms with Crippen molar-refractivity contribution in [1.82, 2.24) is 20.1 Å². The van der Waals surface area contributed by atoms with Crippen LogP contribution in [0.5, 0.6) is 0 Å². The molecule has 7 nitrogen and oxygen atoms in total. The van der Waals surface area contributed by atoms with Gasteiger partial charge in [-0.2, -0.15) is 5.10 Å². The van der Waals surface area contributed by atoms with Crippen LogP contribution in [0.3, 0.4) is 0 Å². The number of hydrogen-bond donors (Lipinski definition) is 2. The molecule has 0 unspecified atom stereocenters. The van der Waals surface area contributed by atoms with Crippen LogP contribution in [0, 0.1) is 0 Å². The van der Waals surface area contributed by atoms with Crippen LogP contribution in [0.1, 0.15) is 5.69 Å². The maximum absolute atomic E-state index is 5.77. The molecular formula is C11H12N6O. The van der Waals surface area contributed by atoms with Gasteiger partial charge in [-0.15, -0.1) is 0 Å². The van der Waals surface area contributed by atoms with Crippen molar-refractivity contribution in [3.8, 4) is 0 Å². The zero-order valence-corrected chi connectivity index (χ0v) is 9.79. The van der Waals surface area contributed by atoms with Gasteiger partial charge in [0.1, 0.15) is 0 Å². The highest BCUT2D eigenvalue weighted by Crippen LogP contribution is 2.25. The highest BCUT2D eigenvalue weighted by molar-refractivity contribution is 5.94. The molecular weight excluding hydrogens is 232 g/mol. The predicted molar refractivity (Wildman–Crippen MR) is 66.8 cm³/mol. The van der Waals surface area contributed by atoms with Crippen molar-refractivity contribution in [3.63, 3.8) is 0 Å². The summed E-state index contributed by atoms with van der Waals surface area (Å²) in [6.07, 6.45) is 1.90. The molecule has 3 aromatic rings. The molecule has 7 heteroatoms. The van der Waals surface area contributed by atoms with Gasteiger partial charge in [0.15, 0.2) is 11.0 Å². The third kappa shape index (κ3) is 1.75. The second kappa shape index (κ2) is 4.02. The number of anilines is 2. The molecule has 92 valence electrons. The van der Waals surface area contributed by atoms with Crippen LogP contribution in [-0.4, -0.2) is 20.1 Å². The third-order valence-electron chi connectivity index (χ3n) is 2.68. The Morgan fingerprint density at radius 3 is 2.89 bits per heavy atom. The fourth-order valence-electron chi connectivity index (χ4n) is 1.77. The number of nitrogens with zero attached hydrogens (tertiary/aromatic N) is 4. The number of nitrogens with two attached hydrogens (primary N) is 1. The van der Waals surface area contributed by atoms with E-state index in [1.807, 2.05) is 25.4 Å². The topological polar surface area (TPSA) is 94.8 Å². The molecule has 0 aliphatic rings. The lowest BCUT2D eigenvalue weighted by molar-refractivity contribution is 0.315. The number of aryl methyl sites for hydroxylation is 1. The maximum atomic E-state index is 5.77. The standard InChI is InChI=1S/C11H12N6O/c1-17-5-4-7(14-17)6-13-9-3-2-8(12)10-11(9)16-18-15-10/h2-5,13H,6,12H2,1H3. The van der Waals surface area contributed by atoms with E-state index < -0.39 is 0 Å². The van der Waals surface area contributed by atoms with Crippen molar-refractivity contribution in [1.29, 1.82) is 0 Å². The molecule has 0 aliphatic heterocycles. The largest absolute Gasteiger partial charge is 0.397 e. The minimum absolute atomic E-state index is 0.551. The Morgan fingerprint density at radius 1 is 1.28 bits per heavy atom. The number of nitrogen functional groups attached to an aromatic ring is 1. The Kier molecular flexibility index (Phi) is 2.36.